The first-order valence-electron chi connectivity index (χ1n) is 6.38. The Morgan fingerprint density at radius 1 is 1.05 bits per heavy atom. The summed E-state index contributed by atoms with van der Waals surface area (Å²) in [4.78, 5) is 16.2. The Balaban J connectivity index is 2.05. The van der Waals surface area contributed by atoms with E-state index in [2.05, 4.69) is 5.16 Å². The van der Waals surface area contributed by atoms with Gasteiger partial charge in [0.05, 0.1) is 6.21 Å². The predicted octanol–water partition coefficient (Wildman–Crippen LogP) is 2.22. The molecule has 0 aliphatic heterocycles. The van der Waals surface area contributed by atoms with Gasteiger partial charge in [-0.1, -0.05) is 65.8 Å². The fourth-order valence-electron chi connectivity index (χ4n) is 1.84. The second kappa shape index (κ2) is 7.21. The fraction of sp³-hybridized carbons (Fsp3) is 0.125. The molecule has 0 heterocycles. The molecule has 2 unspecified atom stereocenters. The summed E-state index contributed by atoms with van der Waals surface area (Å²) in [5.74, 6) is -2.37. The summed E-state index contributed by atoms with van der Waals surface area (Å²) in [6.45, 7) is 0. The van der Waals surface area contributed by atoms with Crippen LogP contribution < -0.4 is 0 Å². The Labute approximate surface area is 122 Å². The highest BCUT2D eigenvalue weighted by Gasteiger charge is 2.30. The number of aliphatic hydroxyl groups is 1. The average molecular weight is 285 g/mol. The number of aliphatic hydroxyl groups excluding tert-OH is 1. The first-order valence-corrected chi connectivity index (χ1v) is 6.38. The van der Waals surface area contributed by atoms with Crippen molar-refractivity contribution in [2.75, 3.05) is 0 Å². The van der Waals surface area contributed by atoms with E-state index in [1.807, 2.05) is 30.3 Å². The summed E-state index contributed by atoms with van der Waals surface area (Å²) in [7, 11) is 0. The second-order valence-corrected chi connectivity index (χ2v) is 4.37. The van der Waals surface area contributed by atoms with Crippen molar-refractivity contribution < 1.29 is 19.8 Å². The van der Waals surface area contributed by atoms with E-state index in [0.29, 0.717) is 5.56 Å². The predicted molar refractivity (Wildman–Crippen MR) is 77.9 cm³/mol. The molecule has 0 fully saturated rings. The third kappa shape index (κ3) is 4.15. The van der Waals surface area contributed by atoms with Crippen molar-refractivity contribution in [1.29, 1.82) is 0 Å². The number of carboxylic acids is 1. The van der Waals surface area contributed by atoms with E-state index < -0.39 is 18.2 Å². The van der Waals surface area contributed by atoms with Gasteiger partial charge in [-0.05, 0) is 11.1 Å². The van der Waals surface area contributed by atoms with Gasteiger partial charge in [0.15, 0.2) is 0 Å². The number of rotatable bonds is 6. The molecule has 0 amide bonds. The number of nitrogens with zero attached hydrogens (tertiary/aromatic N) is 1. The van der Waals surface area contributed by atoms with E-state index in [0.717, 1.165) is 5.56 Å². The maximum Gasteiger partial charge on any atom is 0.317 e. The monoisotopic (exact) mass is 285 g/mol. The lowest BCUT2D eigenvalue weighted by atomic mass is 9.99. The van der Waals surface area contributed by atoms with Crippen LogP contribution in [0.25, 0.3) is 0 Å². The van der Waals surface area contributed by atoms with E-state index in [1.165, 1.54) is 6.21 Å². The van der Waals surface area contributed by atoms with Crippen molar-refractivity contribution >= 4 is 12.2 Å². The van der Waals surface area contributed by atoms with Gasteiger partial charge in [-0.3, -0.25) is 4.79 Å². The van der Waals surface area contributed by atoms with E-state index >= 15 is 0 Å². The highest BCUT2D eigenvalue weighted by Crippen LogP contribution is 2.21. The summed E-state index contributed by atoms with van der Waals surface area (Å²) in [5.41, 5.74) is 1.24. The molecular formula is C16H15NO4. The van der Waals surface area contributed by atoms with Gasteiger partial charge >= 0.3 is 5.97 Å². The number of oxime groups is 1. The lowest BCUT2D eigenvalue weighted by Gasteiger charge is -2.17. The molecule has 2 atom stereocenters. The number of benzene rings is 2. The molecule has 2 aromatic carbocycles. The Morgan fingerprint density at radius 3 is 2.19 bits per heavy atom. The van der Waals surface area contributed by atoms with Crippen molar-refractivity contribution in [1.82, 2.24) is 0 Å². The van der Waals surface area contributed by atoms with Gasteiger partial charge in [0.25, 0.3) is 0 Å². The van der Waals surface area contributed by atoms with Crippen molar-refractivity contribution in [2.24, 2.45) is 5.16 Å². The Bertz CT molecular complexity index is 598. The van der Waals surface area contributed by atoms with Crippen LogP contribution in [-0.2, 0) is 9.63 Å². The summed E-state index contributed by atoms with van der Waals surface area (Å²) in [5, 5.41) is 22.7. The molecule has 2 rings (SSSR count). The molecule has 0 aliphatic rings. The summed E-state index contributed by atoms with van der Waals surface area (Å²) in [6, 6.07) is 17.6. The smallest absolute Gasteiger partial charge is 0.317 e. The van der Waals surface area contributed by atoms with Gasteiger partial charge in [-0.25, -0.2) is 0 Å². The zero-order chi connectivity index (χ0) is 15.1. The van der Waals surface area contributed by atoms with Crippen molar-refractivity contribution in [3.8, 4) is 0 Å². The van der Waals surface area contributed by atoms with E-state index in [1.54, 1.807) is 30.3 Å². The molecule has 2 aromatic rings. The SMILES string of the molecule is O=C(O)C(c1ccccc1)C(O)ON=Cc1ccccc1. The average Bonchev–Trinajstić information content (AvgIpc) is 2.49. The quantitative estimate of drug-likeness (QED) is 0.484. The Morgan fingerprint density at radius 2 is 1.62 bits per heavy atom. The summed E-state index contributed by atoms with van der Waals surface area (Å²) < 4.78 is 0. The molecule has 2 N–H and O–H groups in total. The van der Waals surface area contributed by atoms with Crippen LogP contribution >= 0.6 is 0 Å². The highest BCUT2D eigenvalue weighted by molar-refractivity contribution is 5.79. The molecule has 0 aliphatic carbocycles. The minimum Gasteiger partial charge on any atom is -0.481 e. The number of hydrogen-bond acceptors (Lipinski definition) is 4. The molecule has 0 spiro atoms. The van der Waals surface area contributed by atoms with Crippen molar-refractivity contribution in [3.05, 3.63) is 71.8 Å². The van der Waals surface area contributed by atoms with Crippen LogP contribution in [0.2, 0.25) is 0 Å². The molecule has 0 saturated heterocycles. The summed E-state index contributed by atoms with van der Waals surface area (Å²) in [6.07, 6.45) is -0.155. The number of aliphatic carboxylic acids is 1. The normalized spacial score (nSPS) is 13.8. The molecule has 5 nitrogen and oxygen atoms in total. The Hall–Kier alpha value is -2.66. The van der Waals surface area contributed by atoms with Crippen molar-refractivity contribution in [3.63, 3.8) is 0 Å². The maximum absolute atomic E-state index is 11.3. The first kappa shape index (κ1) is 14.7. The maximum atomic E-state index is 11.3. The highest BCUT2D eigenvalue weighted by atomic mass is 16.7. The standard InChI is InChI=1S/C16H15NO4/c18-15(19)14(13-9-5-2-6-10-13)16(20)21-17-11-12-7-3-1-4-8-12/h1-11,14,16,20H,(H,18,19). The molecule has 21 heavy (non-hydrogen) atoms. The molecule has 0 saturated carbocycles. The van der Waals surface area contributed by atoms with E-state index in [4.69, 9.17) is 4.84 Å². The molecule has 5 heteroatoms. The molecule has 0 aromatic heterocycles. The molecule has 108 valence electrons. The van der Waals surface area contributed by atoms with Crippen LogP contribution in [-0.4, -0.2) is 28.7 Å². The minimum absolute atomic E-state index is 0.451. The van der Waals surface area contributed by atoms with Crippen LogP contribution in [0, 0.1) is 0 Å². The van der Waals surface area contributed by atoms with Gasteiger partial charge in [-0.2, -0.15) is 0 Å². The van der Waals surface area contributed by atoms with Crippen LogP contribution in [0.1, 0.15) is 17.0 Å². The van der Waals surface area contributed by atoms with E-state index in [-0.39, 0.29) is 0 Å². The first-order chi connectivity index (χ1) is 10.2. The zero-order valence-corrected chi connectivity index (χ0v) is 11.2. The van der Waals surface area contributed by atoms with Gasteiger partial charge in [-0.15, -0.1) is 0 Å². The lowest BCUT2D eigenvalue weighted by Crippen LogP contribution is -2.27. The van der Waals surface area contributed by atoms with Gasteiger partial charge < -0.3 is 15.1 Å². The van der Waals surface area contributed by atoms with Crippen LogP contribution in [0.5, 0.6) is 0 Å². The Kier molecular flexibility index (Phi) is 5.06. The van der Waals surface area contributed by atoms with Gasteiger partial charge in [0.2, 0.25) is 6.29 Å². The number of hydrogen-bond donors (Lipinski definition) is 2. The second-order valence-electron chi connectivity index (χ2n) is 4.37. The summed E-state index contributed by atoms with van der Waals surface area (Å²) >= 11 is 0. The molecule has 0 radical (unpaired) electrons. The van der Waals surface area contributed by atoms with Crippen molar-refractivity contribution in [2.45, 2.75) is 12.2 Å². The number of carboxylic acid groups (broad SMARTS) is 1. The third-order valence-corrected chi connectivity index (χ3v) is 2.88. The zero-order valence-electron chi connectivity index (χ0n) is 11.2. The third-order valence-electron chi connectivity index (χ3n) is 2.88. The largest absolute Gasteiger partial charge is 0.481 e. The number of carbonyl (C=O) groups is 1. The lowest BCUT2D eigenvalue weighted by molar-refractivity contribution is -0.159. The fourth-order valence-corrected chi connectivity index (χ4v) is 1.84. The van der Waals surface area contributed by atoms with Crippen LogP contribution in [0.4, 0.5) is 0 Å². The molecular weight excluding hydrogens is 270 g/mol. The minimum atomic E-state index is -1.56. The molecule has 0 bridgehead atoms. The topological polar surface area (TPSA) is 79.1 Å². The van der Waals surface area contributed by atoms with Crippen LogP contribution in [0.15, 0.2) is 65.8 Å². The van der Waals surface area contributed by atoms with Gasteiger partial charge in [0.1, 0.15) is 5.92 Å². The van der Waals surface area contributed by atoms with E-state index in [9.17, 15) is 15.0 Å². The van der Waals surface area contributed by atoms with Crippen LogP contribution in [0.3, 0.4) is 0 Å². The van der Waals surface area contributed by atoms with Gasteiger partial charge in [0, 0.05) is 0 Å².